The molecule has 0 spiro atoms. The van der Waals surface area contributed by atoms with E-state index in [0.29, 0.717) is 4.57 Å². The fourth-order valence-corrected chi connectivity index (χ4v) is 5.11. The zero-order chi connectivity index (χ0) is 22.2. The predicted molar refractivity (Wildman–Crippen MR) is 82.6 cm³/mol. The Bertz CT molecular complexity index is 1010. The molecule has 0 amide bonds. The second kappa shape index (κ2) is 12.1. The van der Waals surface area contributed by atoms with Crippen molar-refractivity contribution >= 4 is 23.5 Å². The van der Waals surface area contributed by atoms with E-state index in [1.807, 2.05) is 4.98 Å². The number of aromatic amines is 1. The van der Waals surface area contributed by atoms with Crippen LogP contribution in [0.2, 0.25) is 0 Å². The zero-order valence-corrected chi connectivity index (χ0v) is 22.4. The molecule has 0 bridgehead atoms. The first-order chi connectivity index (χ1) is 13.1. The number of phosphoric acid groups is 3. The van der Waals surface area contributed by atoms with Crippen LogP contribution in [-0.4, -0.2) is 54.5 Å². The Hall–Kier alpha value is 0.970. The molecule has 166 valence electrons. The molecule has 1 aliphatic rings. The summed E-state index contributed by atoms with van der Waals surface area (Å²) >= 11 is 0. The maximum absolute atomic E-state index is 11.7. The number of ether oxygens (including phenoxy) is 1. The van der Waals surface area contributed by atoms with Crippen molar-refractivity contribution in [2.75, 3.05) is 6.61 Å². The SMILES string of the molecule is O=c1ccn([C@@H]2O[C@H](COP(=O)([O-])OP(=O)([O-])OP(=O)(O)O)[C@@H](O)[C@H]2O)c(=O)[nH]1.[Na+].[Na+]. The summed E-state index contributed by atoms with van der Waals surface area (Å²) < 4.78 is 49.6. The smallest absolute Gasteiger partial charge is 0.756 e. The van der Waals surface area contributed by atoms with Crippen LogP contribution in [0, 0.1) is 0 Å². The molecular weight excluding hydrogens is 515 g/mol. The van der Waals surface area contributed by atoms with Crippen LogP contribution in [0.15, 0.2) is 21.9 Å². The Morgan fingerprint density at radius 3 is 2.16 bits per heavy atom. The molecule has 1 aromatic heterocycles. The number of aliphatic hydroxyl groups is 2. The minimum absolute atomic E-state index is 0. The van der Waals surface area contributed by atoms with Gasteiger partial charge in [0.15, 0.2) is 6.23 Å². The summed E-state index contributed by atoms with van der Waals surface area (Å²) in [5.74, 6) is 0. The Labute approximate surface area is 216 Å². The summed E-state index contributed by atoms with van der Waals surface area (Å²) in [6.45, 7) is -1.14. The van der Waals surface area contributed by atoms with Crippen molar-refractivity contribution in [1.29, 1.82) is 0 Å². The minimum atomic E-state index is -6.04. The third-order valence-electron chi connectivity index (χ3n) is 3.27. The zero-order valence-electron chi connectivity index (χ0n) is 15.7. The van der Waals surface area contributed by atoms with Gasteiger partial charge in [0.25, 0.3) is 21.2 Å². The first-order valence-corrected chi connectivity index (χ1v) is 11.6. The van der Waals surface area contributed by atoms with Crippen LogP contribution < -0.4 is 80.2 Å². The fourth-order valence-electron chi connectivity index (χ4n) is 2.18. The monoisotopic (exact) mass is 528 g/mol. The van der Waals surface area contributed by atoms with Gasteiger partial charge in [-0.15, -0.1) is 0 Å². The number of nitrogens with zero attached hydrogens (tertiary/aromatic N) is 1. The summed E-state index contributed by atoms with van der Waals surface area (Å²) in [5.41, 5.74) is -1.78. The average molecular weight is 528 g/mol. The molecule has 2 rings (SSSR count). The number of H-pyrrole nitrogens is 1. The molecule has 1 fully saturated rings. The van der Waals surface area contributed by atoms with Gasteiger partial charge in [0.1, 0.15) is 18.3 Å². The van der Waals surface area contributed by atoms with Gasteiger partial charge in [-0.25, -0.2) is 18.0 Å². The van der Waals surface area contributed by atoms with Gasteiger partial charge in [0.2, 0.25) is 0 Å². The van der Waals surface area contributed by atoms with E-state index in [9.17, 15) is 43.3 Å². The van der Waals surface area contributed by atoms with E-state index in [2.05, 4.69) is 13.1 Å². The van der Waals surface area contributed by atoms with Crippen LogP contribution >= 0.6 is 23.5 Å². The van der Waals surface area contributed by atoms with Gasteiger partial charge in [0, 0.05) is 12.3 Å². The summed E-state index contributed by atoms with van der Waals surface area (Å²) in [5, 5.41) is 19.9. The Balaban J connectivity index is 0.00000450. The Morgan fingerprint density at radius 2 is 1.65 bits per heavy atom. The van der Waals surface area contributed by atoms with E-state index < -0.39 is 65.9 Å². The first-order valence-electron chi connectivity index (χ1n) is 7.18. The van der Waals surface area contributed by atoms with Crippen LogP contribution in [0.3, 0.4) is 0 Å². The number of phosphoric ester groups is 1. The maximum Gasteiger partial charge on any atom is 1.00 e. The molecule has 1 aliphatic heterocycles. The van der Waals surface area contributed by atoms with Crippen molar-refractivity contribution in [3.05, 3.63) is 33.1 Å². The number of aromatic nitrogens is 2. The van der Waals surface area contributed by atoms with E-state index in [1.165, 1.54) is 0 Å². The van der Waals surface area contributed by atoms with Gasteiger partial charge in [0.05, 0.1) is 6.61 Å². The number of aliphatic hydroxyl groups excluding tert-OH is 2. The molecule has 0 saturated carbocycles. The molecule has 1 saturated heterocycles. The van der Waals surface area contributed by atoms with Crippen molar-refractivity contribution in [2.24, 2.45) is 0 Å². The third-order valence-corrected chi connectivity index (χ3v) is 6.98. The molecule has 0 radical (unpaired) electrons. The van der Waals surface area contributed by atoms with Crippen molar-refractivity contribution in [3.8, 4) is 0 Å². The molecule has 5 N–H and O–H groups in total. The molecular formula is C9H13N2Na2O15P3. The van der Waals surface area contributed by atoms with Crippen molar-refractivity contribution in [1.82, 2.24) is 9.55 Å². The number of hydrogen-bond donors (Lipinski definition) is 5. The first kappa shape index (κ1) is 32.0. The van der Waals surface area contributed by atoms with Crippen LogP contribution in [0.25, 0.3) is 0 Å². The standard InChI is InChI=1S/C9H15N2O15P3.2Na/c12-5-1-2-11(9(15)10-5)8-7(14)6(13)4(24-8)3-23-28(19,20)26-29(21,22)25-27(16,17)18;;/h1-2,4,6-8,13-14H,3H2,(H,19,20)(H,21,22)(H,10,12,15)(H2,16,17,18);;/q;2*+1/p-2/t4-,6-,7-,8-;;/m1../s1. The molecule has 6 atom stereocenters. The molecule has 1 aromatic rings. The number of nitrogens with one attached hydrogen (secondary N) is 1. The topological polar surface area (TPSA) is 270 Å². The van der Waals surface area contributed by atoms with Crippen molar-refractivity contribution in [3.63, 3.8) is 0 Å². The predicted octanol–water partition coefficient (Wildman–Crippen LogP) is -9.76. The Morgan fingerprint density at radius 1 is 1.06 bits per heavy atom. The van der Waals surface area contributed by atoms with Gasteiger partial charge in [-0.2, -0.15) is 0 Å². The van der Waals surface area contributed by atoms with E-state index in [4.69, 9.17) is 14.5 Å². The average Bonchev–Trinajstić information content (AvgIpc) is 2.78. The minimum Gasteiger partial charge on any atom is -0.756 e. The van der Waals surface area contributed by atoms with E-state index >= 15 is 0 Å². The van der Waals surface area contributed by atoms with Gasteiger partial charge >= 0.3 is 72.6 Å². The molecule has 31 heavy (non-hydrogen) atoms. The second-order valence-electron chi connectivity index (χ2n) is 5.41. The molecule has 0 aromatic carbocycles. The maximum atomic E-state index is 11.7. The van der Waals surface area contributed by atoms with E-state index in [-0.39, 0.29) is 59.1 Å². The molecule has 2 heterocycles. The molecule has 2 unspecified atom stereocenters. The number of hydrogen-bond acceptors (Lipinski definition) is 13. The molecule has 17 nitrogen and oxygen atoms in total. The van der Waals surface area contributed by atoms with Crippen LogP contribution in [-0.2, 0) is 31.6 Å². The van der Waals surface area contributed by atoms with E-state index in [1.54, 1.807) is 0 Å². The normalized spacial score (nSPS) is 27.4. The van der Waals surface area contributed by atoms with Crippen molar-refractivity contribution < 1.29 is 120 Å². The van der Waals surface area contributed by atoms with Crippen LogP contribution in [0.5, 0.6) is 0 Å². The molecule has 22 heteroatoms. The summed E-state index contributed by atoms with van der Waals surface area (Å²) in [6.07, 6.45) is -5.89. The van der Waals surface area contributed by atoms with Gasteiger partial charge < -0.3 is 39.0 Å². The van der Waals surface area contributed by atoms with Gasteiger partial charge in [-0.05, 0) is 0 Å². The van der Waals surface area contributed by atoms with Crippen LogP contribution in [0.1, 0.15) is 6.23 Å². The van der Waals surface area contributed by atoms with Crippen LogP contribution in [0.4, 0.5) is 0 Å². The van der Waals surface area contributed by atoms with Gasteiger partial charge in [-0.1, -0.05) is 0 Å². The fraction of sp³-hybridized carbons (Fsp3) is 0.556. The van der Waals surface area contributed by atoms with Gasteiger partial charge in [-0.3, -0.25) is 23.5 Å². The third kappa shape index (κ3) is 9.62. The number of rotatable bonds is 8. The van der Waals surface area contributed by atoms with Crippen molar-refractivity contribution in [2.45, 2.75) is 24.5 Å². The second-order valence-corrected chi connectivity index (χ2v) is 9.74. The summed E-state index contributed by atoms with van der Waals surface area (Å²) in [6, 6.07) is 0.903. The quantitative estimate of drug-likeness (QED) is 0.155. The largest absolute Gasteiger partial charge is 1.00 e. The van der Waals surface area contributed by atoms with E-state index in [0.717, 1.165) is 12.3 Å². The Kier molecular flexibility index (Phi) is 12.5. The summed E-state index contributed by atoms with van der Waals surface area (Å²) in [4.78, 5) is 64.0. The molecule has 0 aliphatic carbocycles. The summed E-state index contributed by atoms with van der Waals surface area (Å²) in [7, 11) is -17.5.